The molecule has 0 amide bonds. The van der Waals surface area contributed by atoms with Gasteiger partial charge >= 0.3 is 0 Å². The Kier molecular flexibility index (Phi) is 8.53. The summed E-state index contributed by atoms with van der Waals surface area (Å²) in [5.41, 5.74) is 3.38. The average Bonchev–Trinajstić information content (AvgIpc) is 3.17. The van der Waals surface area contributed by atoms with E-state index < -0.39 is 5.60 Å². The lowest BCUT2D eigenvalue weighted by Gasteiger charge is -2.35. The van der Waals surface area contributed by atoms with Gasteiger partial charge in [0.2, 0.25) is 0 Å². The van der Waals surface area contributed by atoms with Gasteiger partial charge in [0.1, 0.15) is 12.7 Å². The van der Waals surface area contributed by atoms with Crippen molar-refractivity contribution >= 4 is 11.8 Å². The van der Waals surface area contributed by atoms with E-state index >= 15 is 0 Å². The molecule has 160 valence electrons. The first-order valence-corrected chi connectivity index (χ1v) is 10.8. The van der Waals surface area contributed by atoms with Gasteiger partial charge in [-0.05, 0) is 52.7 Å². The van der Waals surface area contributed by atoms with Gasteiger partial charge in [-0.15, -0.1) is 11.8 Å². The second-order valence-electron chi connectivity index (χ2n) is 8.03. The normalized spacial score (nSPS) is 23.3. The van der Waals surface area contributed by atoms with E-state index in [-0.39, 0.29) is 16.8 Å². The van der Waals surface area contributed by atoms with Crippen LogP contribution in [0.5, 0.6) is 0 Å². The highest BCUT2D eigenvalue weighted by Crippen LogP contribution is 2.31. The van der Waals surface area contributed by atoms with Crippen LogP contribution in [0.3, 0.4) is 0 Å². The minimum atomic E-state index is -0.917. The third kappa shape index (κ3) is 7.00. The number of aromatic nitrogens is 3. The van der Waals surface area contributed by atoms with E-state index in [0.717, 1.165) is 16.7 Å². The van der Waals surface area contributed by atoms with Gasteiger partial charge in [-0.1, -0.05) is 24.3 Å². The Balaban J connectivity index is 1.89. The fourth-order valence-corrected chi connectivity index (χ4v) is 3.87. The number of allylic oxidation sites excluding steroid dienone is 3. The van der Waals surface area contributed by atoms with Gasteiger partial charge in [-0.3, -0.25) is 4.68 Å². The predicted molar refractivity (Wildman–Crippen MR) is 117 cm³/mol. The van der Waals surface area contributed by atoms with Crippen molar-refractivity contribution in [3.63, 3.8) is 0 Å². The van der Waals surface area contributed by atoms with Crippen LogP contribution in [0.1, 0.15) is 48.5 Å². The minimum Gasteiger partial charge on any atom is -0.387 e. The molecule has 2 atom stereocenters. The zero-order chi connectivity index (χ0) is 21.6. The maximum atomic E-state index is 10.8. The average molecular weight is 420 g/mol. The molecular formula is C22H33N3O3S. The summed E-state index contributed by atoms with van der Waals surface area (Å²) in [6.45, 7) is 15.5. The zero-order valence-corrected chi connectivity index (χ0v) is 19.3. The summed E-state index contributed by atoms with van der Waals surface area (Å²) in [5.74, 6) is 6.39. The predicted octanol–water partition coefficient (Wildman–Crippen LogP) is 3.59. The Hall–Kier alpha value is -1.59. The van der Waals surface area contributed by atoms with Crippen molar-refractivity contribution in [2.75, 3.05) is 13.2 Å². The van der Waals surface area contributed by atoms with E-state index in [9.17, 15) is 5.11 Å². The molecule has 1 aromatic heterocycles. The van der Waals surface area contributed by atoms with Crippen LogP contribution in [-0.4, -0.2) is 55.5 Å². The molecule has 2 heterocycles. The van der Waals surface area contributed by atoms with Crippen LogP contribution in [0.15, 0.2) is 34.9 Å². The standard InChI is InChI=1S/C22H33N3O3S/c1-15(2)16(3)8-9-17(4)18(5)21-27-10-20(11-28-21)29-19(6)22(7,26)12-25-14-23-13-24-25/h13-14,19-21,26H,10-12H2,1-7H3. The molecule has 0 aliphatic carbocycles. The van der Waals surface area contributed by atoms with E-state index in [1.807, 2.05) is 34.6 Å². The maximum absolute atomic E-state index is 10.8. The van der Waals surface area contributed by atoms with Crippen molar-refractivity contribution in [3.05, 3.63) is 34.9 Å². The first-order chi connectivity index (χ1) is 13.6. The monoisotopic (exact) mass is 419 g/mol. The molecule has 1 saturated heterocycles. The molecule has 0 spiro atoms. The fraction of sp³-hybridized carbons (Fsp3) is 0.636. The molecule has 1 fully saturated rings. The molecule has 6 nitrogen and oxygen atoms in total. The van der Waals surface area contributed by atoms with Crippen molar-refractivity contribution in [2.24, 2.45) is 0 Å². The van der Waals surface area contributed by atoms with E-state index in [1.54, 1.807) is 22.8 Å². The van der Waals surface area contributed by atoms with E-state index in [1.165, 1.54) is 11.9 Å². The molecule has 1 aliphatic heterocycles. The number of rotatable bonds is 6. The largest absolute Gasteiger partial charge is 0.387 e. The molecule has 7 heteroatoms. The lowest BCUT2D eigenvalue weighted by atomic mass is 10.0. The Morgan fingerprint density at radius 2 is 1.83 bits per heavy atom. The van der Waals surface area contributed by atoms with Crippen molar-refractivity contribution in [1.29, 1.82) is 0 Å². The topological polar surface area (TPSA) is 69.4 Å². The molecule has 1 N–H and O–H groups in total. The highest BCUT2D eigenvalue weighted by molar-refractivity contribution is 8.00. The summed E-state index contributed by atoms with van der Waals surface area (Å²) in [4.78, 5) is 3.93. The summed E-state index contributed by atoms with van der Waals surface area (Å²) in [5, 5.41) is 15.0. The highest BCUT2D eigenvalue weighted by Gasteiger charge is 2.34. The Morgan fingerprint density at radius 3 is 2.38 bits per heavy atom. The van der Waals surface area contributed by atoms with E-state index in [2.05, 4.69) is 35.8 Å². The summed E-state index contributed by atoms with van der Waals surface area (Å²) in [6, 6.07) is 0. The molecular weight excluding hydrogens is 386 g/mol. The van der Waals surface area contributed by atoms with Crippen LogP contribution in [0, 0.1) is 11.8 Å². The van der Waals surface area contributed by atoms with Crippen molar-refractivity contribution in [3.8, 4) is 11.8 Å². The second-order valence-corrected chi connectivity index (χ2v) is 9.68. The van der Waals surface area contributed by atoms with Gasteiger partial charge < -0.3 is 14.6 Å². The number of ether oxygens (including phenoxy) is 2. The Labute approximate surface area is 178 Å². The molecule has 0 bridgehead atoms. The summed E-state index contributed by atoms with van der Waals surface area (Å²) >= 11 is 1.68. The quantitative estimate of drug-likeness (QED) is 0.711. The highest BCUT2D eigenvalue weighted by atomic mass is 32.2. The van der Waals surface area contributed by atoms with Crippen LogP contribution >= 0.6 is 11.8 Å². The van der Waals surface area contributed by atoms with Crippen LogP contribution in [0.25, 0.3) is 0 Å². The fourth-order valence-electron chi connectivity index (χ4n) is 2.61. The molecule has 0 aromatic carbocycles. The summed E-state index contributed by atoms with van der Waals surface area (Å²) in [6.07, 6.45) is 2.72. The zero-order valence-electron chi connectivity index (χ0n) is 18.5. The van der Waals surface area contributed by atoms with Crippen LogP contribution in [0.2, 0.25) is 0 Å². The second kappa shape index (κ2) is 10.4. The first kappa shape index (κ1) is 23.7. The maximum Gasteiger partial charge on any atom is 0.180 e. The Bertz CT molecular complexity index is 791. The summed E-state index contributed by atoms with van der Waals surface area (Å²) in [7, 11) is 0. The van der Waals surface area contributed by atoms with Crippen molar-refractivity contribution in [1.82, 2.24) is 14.8 Å². The van der Waals surface area contributed by atoms with Gasteiger partial charge in [-0.2, -0.15) is 5.10 Å². The smallest absolute Gasteiger partial charge is 0.180 e. The molecule has 0 radical (unpaired) electrons. The van der Waals surface area contributed by atoms with Gasteiger partial charge in [-0.25, -0.2) is 4.98 Å². The summed E-state index contributed by atoms with van der Waals surface area (Å²) < 4.78 is 13.6. The Morgan fingerprint density at radius 1 is 1.21 bits per heavy atom. The number of hydrogen-bond donors (Lipinski definition) is 1. The van der Waals surface area contributed by atoms with Gasteiger partial charge in [0.05, 0.1) is 30.6 Å². The van der Waals surface area contributed by atoms with Crippen molar-refractivity contribution < 1.29 is 14.6 Å². The van der Waals surface area contributed by atoms with Crippen LogP contribution in [0.4, 0.5) is 0 Å². The molecule has 29 heavy (non-hydrogen) atoms. The van der Waals surface area contributed by atoms with E-state index in [0.29, 0.717) is 19.8 Å². The molecule has 2 unspecified atom stereocenters. The third-order valence-electron chi connectivity index (χ3n) is 5.22. The van der Waals surface area contributed by atoms with E-state index in [4.69, 9.17) is 9.47 Å². The van der Waals surface area contributed by atoms with Gasteiger partial charge in [0, 0.05) is 10.8 Å². The van der Waals surface area contributed by atoms with Crippen LogP contribution in [-0.2, 0) is 16.0 Å². The lowest BCUT2D eigenvalue weighted by molar-refractivity contribution is -0.153. The van der Waals surface area contributed by atoms with Gasteiger partial charge in [0.25, 0.3) is 0 Å². The van der Waals surface area contributed by atoms with Crippen LogP contribution < -0.4 is 0 Å². The minimum absolute atomic E-state index is 0.0169. The number of aliphatic hydroxyl groups is 1. The molecule has 2 rings (SSSR count). The van der Waals surface area contributed by atoms with Crippen molar-refractivity contribution in [2.45, 2.75) is 77.4 Å². The molecule has 0 saturated carbocycles. The number of hydrogen-bond acceptors (Lipinski definition) is 6. The number of thioether (sulfide) groups is 1. The number of nitrogens with zero attached hydrogens (tertiary/aromatic N) is 3. The first-order valence-electron chi connectivity index (χ1n) is 9.87. The lowest BCUT2D eigenvalue weighted by Crippen LogP contribution is -2.43. The van der Waals surface area contributed by atoms with Gasteiger partial charge in [0.15, 0.2) is 6.29 Å². The SMILES string of the molecule is CC(C)=C(C)C#CC(C)=C(C)C1OCC(SC(C)C(C)(O)Cn2cncn2)CO1. The molecule has 1 aromatic rings. The third-order valence-corrected chi connectivity index (χ3v) is 6.79. The molecule has 1 aliphatic rings.